The third-order valence-corrected chi connectivity index (χ3v) is 3.39. The van der Waals surface area contributed by atoms with Gasteiger partial charge in [-0.15, -0.1) is 0 Å². The fourth-order valence-corrected chi connectivity index (χ4v) is 2.48. The zero-order chi connectivity index (χ0) is 13.8. The van der Waals surface area contributed by atoms with Crippen molar-refractivity contribution in [3.05, 3.63) is 29.8 Å². The molecule has 0 bridgehead atoms. The third kappa shape index (κ3) is 2.54. The molecule has 2 unspecified atom stereocenters. The first-order valence-corrected chi connectivity index (χ1v) is 6.38. The molecule has 5 heteroatoms. The number of hydrogen-bond acceptors (Lipinski definition) is 4. The van der Waals surface area contributed by atoms with Crippen LogP contribution in [0.2, 0.25) is 0 Å². The van der Waals surface area contributed by atoms with Gasteiger partial charge in [-0.1, -0.05) is 12.1 Å². The fraction of sp³-hybridized carbons (Fsp3) is 0.429. The molecule has 0 aromatic heterocycles. The summed E-state index contributed by atoms with van der Waals surface area (Å²) in [5.74, 6) is 0.000179. The first kappa shape index (κ1) is 13.4. The number of amides is 1. The minimum atomic E-state index is -0.289. The number of benzene rings is 1. The number of rotatable bonds is 3. The van der Waals surface area contributed by atoms with Crippen molar-refractivity contribution in [2.75, 3.05) is 25.0 Å². The molecule has 1 heterocycles. The monoisotopic (exact) mass is 258 g/mol. The molecule has 1 amide bonds. The number of para-hydroxylation sites is 1. The van der Waals surface area contributed by atoms with Gasteiger partial charge in [0.2, 0.25) is 5.91 Å². The molecule has 0 saturated carbocycles. The molecule has 1 saturated heterocycles. The maximum absolute atomic E-state index is 12.0. The zero-order valence-electron chi connectivity index (χ0n) is 11.2. The molecule has 1 fully saturated rings. The molecule has 2 N–H and O–H groups in total. The molecule has 2 atom stereocenters. The van der Waals surface area contributed by atoms with E-state index in [9.17, 15) is 10.1 Å². The zero-order valence-corrected chi connectivity index (χ0v) is 11.2. The van der Waals surface area contributed by atoms with Crippen LogP contribution in [-0.4, -0.2) is 38.1 Å². The van der Waals surface area contributed by atoms with Gasteiger partial charge in [-0.25, -0.2) is 0 Å². The number of nitrogens with one attached hydrogen (secondary N) is 2. The van der Waals surface area contributed by atoms with Gasteiger partial charge in [-0.2, -0.15) is 5.26 Å². The highest BCUT2D eigenvalue weighted by Gasteiger charge is 2.34. The first-order chi connectivity index (χ1) is 9.19. The topological polar surface area (TPSA) is 68.2 Å². The van der Waals surface area contributed by atoms with Crippen molar-refractivity contribution in [1.82, 2.24) is 10.6 Å². The van der Waals surface area contributed by atoms with Gasteiger partial charge in [0.25, 0.3) is 0 Å². The molecular weight excluding hydrogens is 240 g/mol. The van der Waals surface area contributed by atoms with E-state index >= 15 is 0 Å². The standard InChI is InChI=1S/C14H18N4O/c1-10-8-17-14(19)13(9-16-2)18(10)12-6-4-3-5-11(12)7-15/h3-6,10,13,16H,8-9H2,1-2H3,(H,17,19). The summed E-state index contributed by atoms with van der Waals surface area (Å²) in [6, 6.07) is 9.48. The van der Waals surface area contributed by atoms with E-state index in [1.54, 1.807) is 6.07 Å². The minimum absolute atomic E-state index is 0.000179. The number of piperazine rings is 1. The van der Waals surface area contributed by atoms with E-state index < -0.39 is 0 Å². The lowest BCUT2D eigenvalue weighted by Gasteiger charge is -2.42. The van der Waals surface area contributed by atoms with E-state index in [0.717, 1.165) is 5.69 Å². The highest BCUT2D eigenvalue weighted by molar-refractivity contribution is 5.87. The summed E-state index contributed by atoms with van der Waals surface area (Å²) in [5.41, 5.74) is 1.43. The summed E-state index contributed by atoms with van der Waals surface area (Å²) in [6.07, 6.45) is 0. The third-order valence-electron chi connectivity index (χ3n) is 3.39. The van der Waals surface area contributed by atoms with Gasteiger partial charge in [0.05, 0.1) is 11.3 Å². The number of likely N-dealkylation sites (N-methyl/N-ethyl adjacent to an activating group) is 1. The van der Waals surface area contributed by atoms with E-state index in [-0.39, 0.29) is 18.0 Å². The van der Waals surface area contributed by atoms with Crippen molar-refractivity contribution in [2.45, 2.75) is 19.0 Å². The largest absolute Gasteiger partial charge is 0.353 e. The van der Waals surface area contributed by atoms with Gasteiger partial charge in [-0.3, -0.25) is 4.79 Å². The van der Waals surface area contributed by atoms with Crippen LogP contribution < -0.4 is 15.5 Å². The number of anilines is 1. The normalized spacial score (nSPS) is 22.8. The minimum Gasteiger partial charge on any atom is -0.353 e. The molecule has 2 rings (SSSR count). The number of hydrogen-bond donors (Lipinski definition) is 2. The second-order valence-corrected chi connectivity index (χ2v) is 4.70. The van der Waals surface area contributed by atoms with Crippen molar-refractivity contribution in [1.29, 1.82) is 5.26 Å². The summed E-state index contributed by atoms with van der Waals surface area (Å²) in [4.78, 5) is 14.1. The molecular formula is C14H18N4O. The molecule has 1 aromatic carbocycles. The predicted octanol–water partition coefficient (Wildman–Crippen LogP) is 0.471. The molecule has 19 heavy (non-hydrogen) atoms. The molecule has 5 nitrogen and oxygen atoms in total. The van der Waals surface area contributed by atoms with Gasteiger partial charge < -0.3 is 15.5 Å². The molecule has 1 aliphatic rings. The highest BCUT2D eigenvalue weighted by atomic mass is 16.2. The quantitative estimate of drug-likeness (QED) is 0.827. The Morgan fingerprint density at radius 1 is 1.53 bits per heavy atom. The van der Waals surface area contributed by atoms with Crippen molar-refractivity contribution in [2.24, 2.45) is 0 Å². The number of carbonyl (C=O) groups excluding carboxylic acids is 1. The summed E-state index contributed by atoms with van der Waals surface area (Å²) in [6.45, 7) is 3.20. The predicted molar refractivity (Wildman–Crippen MR) is 73.8 cm³/mol. The van der Waals surface area contributed by atoms with Crippen molar-refractivity contribution < 1.29 is 4.79 Å². The average Bonchev–Trinajstić information content (AvgIpc) is 2.43. The summed E-state index contributed by atoms with van der Waals surface area (Å²) in [7, 11) is 1.82. The van der Waals surface area contributed by atoms with E-state index in [1.165, 1.54) is 0 Å². The smallest absolute Gasteiger partial charge is 0.244 e. The Labute approximate surface area is 113 Å². The van der Waals surface area contributed by atoms with Crippen LogP contribution in [-0.2, 0) is 4.79 Å². The fourth-order valence-electron chi connectivity index (χ4n) is 2.48. The van der Waals surface area contributed by atoms with Crippen molar-refractivity contribution >= 4 is 11.6 Å². The second-order valence-electron chi connectivity index (χ2n) is 4.70. The van der Waals surface area contributed by atoms with Crippen LogP contribution in [0.3, 0.4) is 0 Å². The van der Waals surface area contributed by atoms with E-state index in [4.69, 9.17) is 0 Å². The summed E-state index contributed by atoms with van der Waals surface area (Å²) >= 11 is 0. The molecule has 0 spiro atoms. The molecule has 0 radical (unpaired) electrons. The summed E-state index contributed by atoms with van der Waals surface area (Å²) in [5, 5.41) is 15.2. The van der Waals surface area contributed by atoms with Gasteiger partial charge in [0.1, 0.15) is 12.1 Å². The Morgan fingerprint density at radius 3 is 2.95 bits per heavy atom. The van der Waals surface area contributed by atoms with E-state index in [0.29, 0.717) is 18.7 Å². The Balaban J connectivity index is 2.42. The van der Waals surface area contributed by atoms with Crippen LogP contribution in [0, 0.1) is 11.3 Å². The van der Waals surface area contributed by atoms with Crippen LogP contribution in [0.15, 0.2) is 24.3 Å². The van der Waals surface area contributed by atoms with E-state index in [2.05, 4.69) is 23.6 Å². The number of nitriles is 1. The first-order valence-electron chi connectivity index (χ1n) is 6.38. The summed E-state index contributed by atoms with van der Waals surface area (Å²) < 4.78 is 0. The maximum atomic E-state index is 12.0. The van der Waals surface area contributed by atoms with Crippen molar-refractivity contribution in [3.63, 3.8) is 0 Å². The van der Waals surface area contributed by atoms with Crippen LogP contribution in [0.25, 0.3) is 0 Å². The van der Waals surface area contributed by atoms with Gasteiger partial charge in [0.15, 0.2) is 0 Å². The Kier molecular flexibility index (Phi) is 4.03. The number of nitrogens with zero attached hydrogens (tertiary/aromatic N) is 2. The highest BCUT2D eigenvalue weighted by Crippen LogP contribution is 2.25. The molecule has 100 valence electrons. The Morgan fingerprint density at radius 2 is 2.26 bits per heavy atom. The van der Waals surface area contributed by atoms with Crippen LogP contribution >= 0.6 is 0 Å². The van der Waals surface area contributed by atoms with E-state index in [1.807, 2.05) is 30.1 Å². The van der Waals surface area contributed by atoms with Crippen LogP contribution in [0.4, 0.5) is 5.69 Å². The van der Waals surface area contributed by atoms with Crippen LogP contribution in [0.5, 0.6) is 0 Å². The van der Waals surface area contributed by atoms with Crippen molar-refractivity contribution in [3.8, 4) is 6.07 Å². The average molecular weight is 258 g/mol. The lowest BCUT2D eigenvalue weighted by molar-refractivity contribution is -0.123. The molecule has 1 aliphatic heterocycles. The number of carbonyl (C=O) groups is 1. The maximum Gasteiger partial charge on any atom is 0.244 e. The Bertz CT molecular complexity index is 508. The Hall–Kier alpha value is -2.06. The van der Waals surface area contributed by atoms with Gasteiger partial charge in [-0.05, 0) is 26.1 Å². The van der Waals surface area contributed by atoms with Gasteiger partial charge >= 0.3 is 0 Å². The molecule has 1 aromatic rings. The van der Waals surface area contributed by atoms with Crippen LogP contribution in [0.1, 0.15) is 12.5 Å². The SMILES string of the molecule is CNCC1C(=O)NCC(C)N1c1ccccc1C#N. The lowest BCUT2D eigenvalue weighted by Crippen LogP contribution is -2.62. The van der Waals surface area contributed by atoms with Gasteiger partial charge in [0, 0.05) is 19.1 Å². The molecule has 0 aliphatic carbocycles. The lowest BCUT2D eigenvalue weighted by atomic mass is 10.0. The second kappa shape index (κ2) is 5.72.